The van der Waals surface area contributed by atoms with Gasteiger partial charge in [-0.05, 0) is 31.2 Å². The summed E-state index contributed by atoms with van der Waals surface area (Å²) in [5.74, 6) is 0.568. The predicted molar refractivity (Wildman–Crippen MR) is 128 cm³/mol. The van der Waals surface area contributed by atoms with Crippen LogP contribution >= 0.6 is 11.8 Å². The number of urea groups is 1. The average Bonchev–Trinajstić information content (AvgIpc) is 2.76. The lowest BCUT2D eigenvalue weighted by molar-refractivity contribution is -0.995. The van der Waals surface area contributed by atoms with Crippen molar-refractivity contribution in [3.05, 3.63) is 35.0 Å². The molecular weight excluding hydrogens is 446 g/mol. The van der Waals surface area contributed by atoms with E-state index < -0.39 is 6.17 Å². The molecule has 1 aromatic rings. The molecule has 2 N–H and O–H groups in total. The van der Waals surface area contributed by atoms with Crippen LogP contribution in [0, 0.1) is 5.21 Å². The molecule has 0 aromatic heterocycles. The Bertz CT molecular complexity index is 786. The van der Waals surface area contributed by atoms with Gasteiger partial charge in [0.2, 0.25) is 0 Å². The maximum absolute atomic E-state index is 12.9. The Balaban J connectivity index is 1.94. The van der Waals surface area contributed by atoms with Crippen LogP contribution < -0.4 is 15.2 Å². The lowest BCUT2D eigenvalue weighted by atomic mass is 10.1. The Morgan fingerprint density at radius 3 is 2.36 bits per heavy atom. The van der Waals surface area contributed by atoms with Gasteiger partial charge < -0.3 is 19.7 Å². The largest absolute Gasteiger partial charge is 0.611 e. The van der Waals surface area contributed by atoms with Gasteiger partial charge in [-0.3, -0.25) is 20.1 Å². The Kier molecular flexibility index (Phi) is 11.1. The van der Waals surface area contributed by atoms with Crippen LogP contribution in [0.25, 0.3) is 0 Å². The summed E-state index contributed by atoms with van der Waals surface area (Å²) in [5.41, 5.74) is 0.976. The summed E-state index contributed by atoms with van der Waals surface area (Å²) in [4.78, 5) is 39.1. The van der Waals surface area contributed by atoms with Gasteiger partial charge in [-0.15, -0.1) is 0 Å². The van der Waals surface area contributed by atoms with E-state index in [0.717, 1.165) is 18.7 Å². The predicted octanol–water partition coefficient (Wildman–Crippen LogP) is 0.337. The molecule has 11 heteroatoms. The highest BCUT2D eigenvalue weighted by molar-refractivity contribution is 8.13. The zero-order valence-corrected chi connectivity index (χ0v) is 20.7. The number of rotatable bonds is 10. The molecule has 1 aromatic carbocycles. The second kappa shape index (κ2) is 13.5. The summed E-state index contributed by atoms with van der Waals surface area (Å²) < 4.78 is 5.04. The molecular formula is C22H35N5O5S. The quantitative estimate of drug-likeness (QED) is 0.213. The van der Waals surface area contributed by atoms with Crippen LogP contribution in [0.2, 0.25) is 0 Å². The fourth-order valence-corrected chi connectivity index (χ4v) is 4.01. The van der Waals surface area contributed by atoms with Gasteiger partial charge in [0.15, 0.2) is 11.3 Å². The molecule has 1 saturated heterocycles. The highest BCUT2D eigenvalue weighted by atomic mass is 32.2. The van der Waals surface area contributed by atoms with Crippen molar-refractivity contribution >= 4 is 28.9 Å². The minimum atomic E-state index is -0.633. The van der Waals surface area contributed by atoms with Gasteiger partial charge in [0.1, 0.15) is 5.75 Å². The van der Waals surface area contributed by atoms with E-state index in [9.17, 15) is 19.6 Å². The van der Waals surface area contributed by atoms with Crippen LogP contribution in [-0.2, 0) is 16.0 Å². The second-order valence-corrected chi connectivity index (χ2v) is 9.39. The van der Waals surface area contributed by atoms with Gasteiger partial charge in [-0.1, -0.05) is 23.9 Å². The molecule has 0 saturated carbocycles. The number of nitrogens with one attached hydrogen (secondary N) is 2. The van der Waals surface area contributed by atoms with Crippen LogP contribution in [0.15, 0.2) is 24.3 Å². The number of esters is 1. The van der Waals surface area contributed by atoms with Crippen molar-refractivity contribution in [1.82, 2.24) is 20.1 Å². The number of amides is 2. The molecule has 2 rings (SSSR count). The van der Waals surface area contributed by atoms with Gasteiger partial charge in [0.25, 0.3) is 0 Å². The second-order valence-electron chi connectivity index (χ2n) is 8.11. The maximum Gasteiger partial charge on any atom is 0.321 e. The summed E-state index contributed by atoms with van der Waals surface area (Å²) >= 11 is 1.17. The van der Waals surface area contributed by atoms with E-state index in [2.05, 4.69) is 10.2 Å². The van der Waals surface area contributed by atoms with Gasteiger partial charge in [-0.2, -0.15) is 5.01 Å². The monoisotopic (exact) mass is 481 g/mol. The molecule has 1 fully saturated rings. The normalized spacial score (nSPS) is 16.6. The molecule has 1 aliphatic heterocycles. The molecule has 1 aliphatic rings. The first-order valence-electron chi connectivity index (χ1n) is 11.1. The van der Waals surface area contributed by atoms with Crippen molar-refractivity contribution in [2.24, 2.45) is 0 Å². The fraction of sp³-hybridized carbons (Fsp3) is 0.591. The Labute approximate surface area is 199 Å². The van der Waals surface area contributed by atoms with Crippen molar-refractivity contribution in [3.63, 3.8) is 0 Å². The van der Waals surface area contributed by atoms with Crippen LogP contribution in [0.3, 0.4) is 0 Å². The number of hydroxylamine groups is 1. The first kappa shape index (κ1) is 27.1. The number of nitrogens with zero attached hydrogens (tertiary/aromatic N) is 3. The van der Waals surface area contributed by atoms with Crippen molar-refractivity contribution in [2.45, 2.75) is 33.4 Å². The number of thioether (sulfide) groups is 1. The summed E-state index contributed by atoms with van der Waals surface area (Å²) in [6, 6.07) is 6.79. The van der Waals surface area contributed by atoms with Crippen LogP contribution in [-0.4, -0.2) is 90.2 Å². The van der Waals surface area contributed by atoms with E-state index in [1.165, 1.54) is 25.6 Å². The molecule has 184 valence electrons. The fourth-order valence-electron chi connectivity index (χ4n) is 3.41. The van der Waals surface area contributed by atoms with Gasteiger partial charge in [0, 0.05) is 52.7 Å². The van der Waals surface area contributed by atoms with E-state index in [1.807, 2.05) is 19.2 Å². The third-order valence-electron chi connectivity index (χ3n) is 5.33. The summed E-state index contributed by atoms with van der Waals surface area (Å²) in [7, 11) is 2.02. The first-order valence-corrected chi connectivity index (χ1v) is 12.1. The van der Waals surface area contributed by atoms with E-state index >= 15 is 0 Å². The zero-order chi connectivity index (χ0) is 24.4. The zero-order valence-electron chi connectivity index (χ0n) is 19.8. The topological polar surface area (TPSA) is 110 Å². The molecule has 0 aliphatic carbocycles. The third kappa shape index (κ3) is 9.68. The number of hydrogen-bond acceptors (Lipinski definition) is 8. The van der Waals surface area contributed by atoms with Crippen molar-refractivity contribution in [1.29, 1.82) is 0 Å². The van der Waals surface area contributed by atoms with Crippen molar-refractivity contribution in [2.75, 3.05) is 52.1 Å². The molecule has 1 unspecified atom stereocenters. The first-order chi connectivity index (χ1) is 15.7. The molecule has 10 nitrogen and oxygen atoms in total. The van der Waals surface area contributed by atoms with Crippen LogP contribution in [0.4, 0.5) is 4.79 Å². The lowest BCUT2D eigenvalue weighted by Crippen LogP contribution is -3.19. The highest BCUT2D eigenvalue weighted by Gasteiger charge is 2.25. The van der Waals surface area contributed by atoms with Gasteiger partial charge >= 0.3 is 12.0 Å². The summed E-state index contributed by atoms with van der Waals surface area (Å²) in [6.45, 7) is 8.29. The molecule has 0 spiro atoms. The summed E-state index contributed by atoms with van der Waals surface area (Å²) in [6.07, 6.45) is -0.0499. The Morgan fingerprint density at radius 2 is 1.79 bits per heavy atom. The molecule has 0 radical (unpaired) electrons. The van der Waals surface area contributed by atoms with E-state index in [-0.39, 0.29) is 22.3 Å². The van der Waals surface area contributed by atoms with Gasteiger partial charge in [0.05, 0.1) is 13.1 Å². The van der Waals surface area contributed by atoms with E-state index in [1.54, 1.807) is 29.0 Å². The van der Waals surface area contributed by atoms with Crippen molar-refractivity contribution < 1.29 is 24.3 Å². The number of carbonyl (C=O) groups is 3. The number of ether oxygens (including phenoxy) is 1. The number of piperazine rings is 1. The molecule has 2 amide bonds. The lowest BCUT2D eigenvalue weighted by Gasteiger charge is -2.42. The molecule has 1 heterocycles. The van der Waals surface area contributed by atoms with Crippen LogP contribution in [0.5, 0.6) is 5.75 Å². The van der Waals surface area contributed by atoms with E-state index in [4.69, 9.17) is 4.74 Å². The minimum Gasteiger partial charge on any atom is -0.611 e. The highest BCUT2D eigenvalue weighted by Crippen LogP contribution is 2.13. The maximum atomic E-state index is 12.9. The Hall–Kier alpha value is -2.18. The SMILES string of the molecule is CC(=O)Oc1ccc(CCN(CCSC(C)=O)C(=O)N[C@@H](C)[NH+]([O-])N2CCN(C)CC2)cc1. The minimum absolute atomic E-state index is 0.00460. The van der Waals surface area contributed by atoms with E-state index in [0.29, 0.717) is 44.1 Å². The number of carbonyl (C=O) groups excluding carboxylic acids is 3. The number of likely N-dealkylation sites (N-methyl/N-ethyl adjacent to an activating group) is 1. The van der Waals surface area contributed by atoms with Gasteiger partial charge in [-0.25, -0.2) is 4.79 Å². The third-order valence-corrected chi connectivity index (χ3v) is 6.13. The number of quaternary nitrogens is 1. The molecule has 0 bridgehead atoms. The standard InChI is InChI=1S/C22H35N5O5S/c1-17(27(31)26-13-11-24(4)12-14-26)23-22(30)25(15-16-33-19(3)29)10-9-20-5-7-21(8-6-20)32-18(2)28/h5-8,17,27H,9-16H2,1-4H3,(H,23,30)/t17-/m1/s1. The summed E-state index contributed by atoms with van der Waals surface area (Å²) in [5, 5.41) is 17.3. The number of benzene rings is 1. The van der Waals surface area contributed by atoms with Crippen molar-refractivity contribution in [3.8, 4) is 5.75 Å². The number of hydrogen-bond donors (Lipinski definition) is 2. The average molecular weight is 482 g/mol. The Morgan fingerprint density at radius 1 is 1.15 bits per heavy atom. The molecule has 2 atom stereocenters. The smallest absolute Gasteiger partial charge is 0.321 e. The van der Waals surface area contributed by atoms with Crippen LogP contribution in [0.1, 0.15) is 26.3 Å². The molecule has 33 heavy (non-hydrogen) atoms.